The highest BCUT2D eigenvalue weighted by Crippen LogP contribution is 2.30. The lowest BCUT2D eigenvalue weighted by atomic mass is 9.95. The number of ether oxygens (including phenoxy) is 2. The van der Waals surface area contributed by atoms with Crippen molar-refractivity contribution in [2.24, 2.45) is 4.99 Å². The number of halogens is 1. The number of morpholine rings is 2. The monoisotopic (exact) mass is 592 g/mol. The number of rotatable bonds is 10. The zero-order valence-corrected chi connectivity index (χ0v) is 24.7. The van der Waals surface area contributed by atoms with Crippen LogP contribution in [0.3, 0.4) is 0 Å². The maximum atomic E-state index is 15.0. The van der Waals surface area contributed by atoms with Crippen molar-refractivity contribution in [3.63, 3.8) is 0 Å². The van der Waals surface area contributed by atoms with Crippen molar-refractivity contribution in [3.8, 4) is 11.1 Å². The number of benzene rings is 2. The molecule has 0 spiro atoms. The molecule has 1 atom stereocenters. The van der Waals surface area contributed by atoms with E-state index in [0.717, 1.165) is 76.8 Å². The Hall–Kier alpha value is -3.84. The van der Waals surface area contributed by atoms with Crippen molar-refractivity contribution in [2.75, 3.05) is 78.8 Å². The first-order valence-electron chi connectivity index (χ1n) is 14.9. The molecule has 0 amide bonds. The van der Waals surface area contributed by atoms with Crippen molar-refractivity contribution < 1.29 is 18.4 Å². The zero-order valence-electron chi connectivity index (χ0n) is 24.7. The summed E-state index contributed by atoms with van der Waals surface area (Å²) in [5.74, 6) is 0.301. The standard InChI is InChI=1S/C31H41FN8O3/c1-23(25-7-8-26(27(32)21-25)24-5-3-2-4-6-24)28-22-29(43-38-28)36-31(35-10-12-40-15-19-42-20-16-40)37-30(33)34-9-11-39-13-17-41-18-14-39/h2-8,21-23H,9-20H2,1H3,(H4,33,34,35,36,37). The summed E-state index contributed by atoms with van der Waals surface area (Å²) in [6, 6.07) is 16.5. The molecule has 4 N–H and O–H groups in total. The predicted molar refractivity (Wildman–Crippen MR) is 164 cm³/mol. The molecule has 230 valence electrons. The fraction of sp³-hybridized carbons (Fsp3) is 0.452. The molecule has 5 rings (SSSR count). The molecule has 43 heavy (non-hydrogen) atoms. The maximum Gasteiger partial charge on any atom is 0.253 e. The molecular formula is C31H41FN8O3. The Morgan fingerprint density at radius 3 is 2.23 bits per heavy atom. The van der Waals surface area contributed by atoms with Crippen LogP contribution in [0.1, 0.15) is 24.1 Å². The number of aliphatic imine (C=N–C) groups is 1. The lowest BCUT2D eigenvalue weighted by Gasteiger charge is -2.27. The zero-order chi connectivity index (χ0) is 29.9. The Labute approximate surface area is 251 Å². The second-order valence-corrected chi connectivity index (χ2v) is 10.6. The molecule has 0 saturated carbocycles. The molecule has 12 heteroatoms. The summed E-state index contributed by atoms with van der Waals surface area (Å²) in [4.78, 5) is 9.21. The number of nitrogens with zero attached hydrogens (tertiary/aromatic N) is 4. The van der Waals surface area contributed by atoms with Gasteiger partial charge in [-0.05, 0) is 17.2 Å². The van der Waals surface area contributed by atoms with Gasteiger partial charge in [-0.15, -0.1) is 0 Å². The lowest BCUT2D eigenvalue weighted by Crippen LogP contribution is -2.50. The average molecular weight is 593 g/mol. The van der Waals surface area contributed by atoms with E-state index < -0.39 is 0 Å². The molecule has 11 nitrogen and oxygen atoms in total. The average Bonchev–Trinajstić information content (AvgIpc) is 3.50. The van der Waals surface area contributed by atoms with Crippen LogP contribution in [0.2, 0.25) is 0 Å². The van der Waals surface area contributed by atoms with E-state index in [1.165, 1.54) is 0 Å². The summed E-state index contributed by atoms with van der Waals surface area (Å²) >= 11 is 0. The van der Waals surface area contributed by atoms with E-state index in [0.29, 0.717) is 30.3 Å². The van der Waals surface area contributed by atoms with Gasteiger partial charge < -0.3 is 24.6 Å². The third kappa shape index (κ3) is 9.07. The normalized spacial score (nSPS) is 17.4. The number of hydrogen-bond acceptors (Lipinski definition) is 8. The third-order valence-corrected chi connectivity index (χ3v) is 7.66. The van der Waals surface area contributed by atoms with E-state index in [4.69, 9.17) is 19.4 Å². The smallest absolute Gasteiger partial charge is 0.253 e. The summed E-state index contributed by atoms with van der Waals surface area (Å²) in [6.07, 6.45) is 0. The summed E-state index contributed by atoms with van der Waals surface area (Å²) in [5, 5.41) is 22.1. The SMILES string of the molecule is CC(c1ccc(-c2ccccc2)c(F)c1)c1cc(/N=C(\NCCN2CCOCC2)NC(=N)NCCN2CCOCC2)on1. The van der Waals surface area contributed by atoms with Crippen LogP contribution in [-0.2, 0) is 9.47 Å². The van der Waals surface area contributed by atoms with E-state index >= 15 is 4.39 Å². The summed E-state index contributed by atoms with van der Waals surface area (Å²) in [7, 11) is 0. The minimum absolute atomic E-state index is 0.132. The first-order chi connectivity index (χ1) is 21.0. The minimum atomic E-state index is -0.284. The molecule has 3 heterocycles. The molecule has 1 unspecified atom stereocenters. The van der Waals surface area contributed by atoms with Crippen LogP contribution < -0.4 is 16.0 Å². The quantitative estimate of drug-likeness (QED) is 0.208. The summed E-state index contributed by atoms with van der Waals surface area (Å²) < 4.78 is 31.4. The van der Waals surface area contributed by atoms with Gasteiger partial charge in [0.2, 0.25) is 5.96 Å². The summed E-state index contributed by atoms with van der Waals surface area (Å²) in [6.45, 7) is 11.3. The number of hydrogen-bond donors (Lipinski definition) is 4. The van der Waals surface area contributed by atoms with Gasteiger partial charge in [-0.2, -0.15) is 4.99 Å². The fourth-order valence-electron chi connectivity index (χ4n) is 5.06. The van der Waals surface area contributed by atoms with Crippen LogP contribution in [0.5, 0.6) is 0 Å². The van der Waals surface area contributed by atoms with Gasteiger partial charge in [0, 0.05) is 69.9 Å². The van der Waals surface area contributed by atoms with Gasteiger partial charge in [0.25, 0.3) is 5.88 Å². The van der Waals surface area contributed by atoms with Crippen molar-refractivity contribution in [2.45, 2.75) is 12.8 Å². The van der Waals surface area contributed by atoms with Crippen LogP contribution >= 0.6 is 0 Å². The Morgan fingerprint density at radius 1 is 0.930 bits per heavy atom. The number of nitrogens with one attached hydrogen (secondary N) is 4. The van der Waals surface area contributed by atoms with E-state index in [1.54, 1.807) is 18.2 Å². The first kappa shape index (κ1) is 30.6. The van der Waals surface area contributed by atoms with Gasteiger partial charge >= 0.3 is 0 Å². The molecule has 0 bridgehead atoms. The molecule has 2 aromatic carbocycles. The fourth-order valence-corrected chi connectivity index (χ4v) is 5.06. The Bertz CT molecular complexity index is 1340. The van der Waals surface area contributed by atoms with Gasteiger partial charge in [-0.25, -0.2) is 4.39 Å². The number of aromatic nitrogens is 1. The third-order valence-electron chi connectivity index (χ3n) is 7.66. The van der Waals surface area contributed by atoms with Crippen molar-refractivity contribution in [1.82, 2.24) is 30.9 Å². The van der Waals surface area contributed by atoms with E-state index in [1.807, 2.05) is 43.3 Å². The largest absolute Gasteiger partial charge is 0.379 e. The van der Waals surface area contributed by atoms with Crippen LogP contribution in [0, 0.1) is 11.2 Å². The minimum Gasteiger partial charge on any atom is -0.379 e. The Kier molecular flexibility index (Phi) is 11.1. The van der Waals surface area contributed by atoms with Crippen LogP contribution in [0.25, 0.3) is 11.1 Å². The second kappa shape index (κ2) is 15.6. The van der Waals surface area contributed by atoms with E-state index in [-0.39, 0.29) is 23.6 Å². The first-order valence-corrected chi connectivity index (χ1v) is 14.9. The highest BCUT2D eigenvalue weighted by Gasteiger charge is 2.18. The Balaban J connectivity index is 1.22. The molecule has 2 fully saturated rings. The van der Waals surface area contributed by atoms with Gasteiger partial charge in [-0.1, -0.05) is 54.5 Å². The molecule has 2 saturated heterocycles. The van der Waals surface area contributed by atoms with Crippen molar-refractivity contribution >= 4 is 17.8 Å². The molecule has 1 aromatic heterocycles. The molecule has 0 aliphatic carbocycles. The predicted octanol–water partition coefficient (Wildman–Crippen LogP) is 2.99. The van der Waals surface area contributed by atoms with Crippen molar-refractivity contribution in [1.29, 1.82) is 5.41 Å². The second-order valence-electron chi connectivity index (χ2n) is 10.6. The molecule has 2 aliphatic heterocycles. The molecule has 2 aliphatic rings. The van der Waals surface area contributed by atoms with Gasteiger partial charge in [0.15, 0.2) is 5.96 Å². The van der Waals surface area contributed by atoms with Crippen molar-refractivity contribution in [3.05, 3.63) is 71.7 Å². The Morgan fingerprint density at radius 2 is 1.58 bits per heavy atom. The highest BCUT2D eigenvalue weighted by molar-refractivity contribution is 5.98. The molecule has 0 radical (unpaired) electrons. The van der Waals surface area contributed by atoms with Gasteiger partial charge in [0.1, 0.15) is 5.82 Å². The molecule has 3 aromatic rings. The van der Waals surface area contributed by atoms with Crippen LogP contribution in [0.15, 0.2) is 64.1 Å². The van der Waals surface area contributed by atoms with Crippen LogP contribution in [0.4, 0.5) is 10.3 Å². The maximum absolute atomic E-state index is 15.0. The summed E-state index contributed by atoms with van der Waals surface area (Å²) in [5.41, 5.74) is 2.81. The van der Waals surface area contributed by atoms with Gasteiger partial charge in [0.05, 0.1) is 32.1 Å². The molecular weight excluding hydrogens is 551 g/mol. The van der Waals surface area contributed by atoms with Crippen LogP contribution in [-0.4, -0.2) is 106 Å². The topological polar surface area (TPSA) is 123 Å². The lowest BCUT2D eigenvalue weighted by molar-refractivity contribution is 0.0389. The van der Waals surface area contributed by atoms with Gasteiger partial charge in [-0.3, -0.25) is 20.5 Å². The van der Waals surface area contributed by atoms with E-state index in [2.05, 4.69) is 35.9 Å². The van der Waals surface area contributed by atoms with E-state index in [9.17, 15) is 0 Å². The highest BCUT2D eigenvalue weighted by atomic mass is 19.1. The number of guanidine groups is 2.